The number of allylic oxidation sites excluding steroid dienone is 2. The van der Waals surface area contributed by atoms with Crippen molar-refractivity contribution in [3.8, 4) is 0 Å². The van der Waals surface area contributed by atoms with E-state index in [2.05, 4.69) is 0 Å². The number of amides is 3. The minimum Gasteiger partial charge on any atom is -0.272 e. The Labute approximate surface area is 250 Å². The molecule has 38 heavy (non-hydrogen) atoms. The van der Waals surface area contributed by atoms with Crippen molar-refractivity contribution in [3.63, 3.8) is 0 Å². The first kappa shape index (κ1) is 27.8. The average Bonchev–Trinajstić information content (AvgIpc) is 3.26. The largest absolute Gasteiger partial charge is 0.274 e. The maximum absolute atomic E-state index is 13.9. The topological polar surface area (TPSA) is 101 Å². The summed E-state index contributed by atoms with van der Waals surface area (Å²) in [7, 11) is 0. The Bertz CT molecular complexity index is 1420. The third kappa shape index (κ3) is 3.41. The van der Waals surface area contributed by atoms with Crippen molar-refractivity contribution in [2.75, 3.05) is 0 Å². The Hall–Kier alpha value is -1.78. The van der Waals surface area contributed by atoms with Crippen LogP contribution in [0, 0.1) is 22.0 Å². The van der Waals surface area contributed by atoms with Gasteiger partial charge in [0.25, 0.3) is 23.4 Å². The standard InChI is InChI=1S/C23H12Cl7N3O5/c24-13-4-2-1-3-12(13)18(34)31(9-10-5-7-11(8-6-10)33(37)38)32-19(35)14-15(20(32)36)22(28)17(26)16(25)21(14,27)23(22,29)30/h1-8,14-15H,9H2/t14-,15+,21-,22-/m1/s1. The summed E-state index contributed by atoms with van der Waals surface area (Å²) in [4.78, 5) is 47.8. The lowest BCUT2D eigenvalue weighted by Gasteiger charge is -2.37. The van der Waals surface area contributed by atoms with Crippen LogP contribution in [0.25, 0.3) is 0 Å². The Morgan fingerprint density at radius 2 is 1.39 bits per heavy atom. The molecule has 4 atom stereocenters. The number of non-ortho nitro benzene ring substituents is 1. The lowest BCUT2D eigenvalue weighted by molar-refractivity contribution is -0.384. The lowest BCUT2D eigenvalue weighted by atomic mass is 9.84. The highest BCUT2D eigenvalue weighted by Gasteiger charge is 2.88. The number of alkyl halides is 4. The first-order valence-corrected chi connectivity index (χ1v) is 13.3. The molecule has 2 bridgehead atoms. The van der Waals surface area contributed by atoms with Crippen molar-refractivity contribution in [2.24, 2.45) is 11.8 Å². The molecule has 5 rings (SSSR count). The van der Waals surface area contributed by atoms with Crippen LogP contribution in [0.1, 0.15) is 15.9 Å². The first-order chi connectivity index (χ1) is 17.7. The zero-order valence-corrected chi connectivity index (χ0v) is 23.8. The summed E-state index contributed by atoms with van der Waals surface area (Å²) in [5.41, 5.74) is 0.147. The van der Waals surface area contributed by atoms with Gasteiger partial charge in [-0.1, -0.05) is 82.3 Å². The highest BCUT2D eigenvalue weighted by atomic mass is 35.5. The van der Waals surface area contributed by atoms with Crippen LogP contribution in [-0.2, 0) is 16.1 Å². The highest BCUT2D eigenvalue weighted by Crippen LogP contribution is 2.77. The number of carbonyl (C=O) groups is 3. The van der Waals surface area contributed by atoms with Gasteiger partial charge in [-0.25, -0.2) is 5.01 Å². The molecule has 198 valence electrons. The number of hydrazine groups is 1. The van der Waals surface area contributed by atoms with Gasteiger partial charge in [-0.3, -0.25) is 24.5 Å². The van der Waals surface area contributed by atoms with Crippen molar-refractivity contribution in [1.82, 2.24) is 10.0 Å². The second-order valence-corrected chi connectivity index (χ2v) is 12.5. The van der Waals surface area contributed by atoms with Crippen molar-refractivity contribution >= 4 is 105 Å². The minimum atomic E-state index is -2.14. The zero-order valence-electron chi connectivity index (χ0n) is 18.5. The Morgan fingerprint density at radius 1 is 0.895 bits per heavy atom. The third-order valence-electron chi connectivity index (χ3n) is 6.95. The average molecular weight is 659 g/mol. The van der Waals surface area contributed by atoms with Gasteiger partial charge >= 0.3 is 0 Å². The zero-order chi connectivity index (χ0) is 27.9. The van der Waals surface area contributed by atoms with E-state index in [0.29, 0.717) is 10.6 Å². The van der Waals surface area contributed by atoms with Gasteiger partial charge in [0.15, 0.2) is 4.33 Å². The van der Waals surface area contributed by atoms with E-state index < -0.39 is 48.6 Å². The molecule has 3 aliphatic rings. The first-order valence-electron chi connectivity index (χ1n) is 10.7. The number of imide groups is 1. The summed E-state index contributed by atoms with van der Waals surface area (Å²) in [5.74, 6) is -5.61. The molecule has 0 unspecified atom stereocenters. The van der Waals surface area contributed by atoms with Gasteiger partial charge in [-0.15, -0.1) is 23.2 Å². The van der Waals surface area contributed by atoms with Gasteiger partial charge in [0.05, 0.1) is 44.0 Å². The quantitative estimate of drug-likeness (QED) is 0.164. The highest BCUT2D eigenvalue weighted by molar-refractivity contribution is 6.66. The monoisotopic (exact) mass is 655 g/mol. The van der Waals surface area contributed by atoms with Crippen LogP contribution in [-0.4, -0.2) is 46.7 Å². The number of rotatable bonds is 5. The van der Waals surface area contributed by atoms with Gasteiger partial charge in [-0.05, 0) is 17.7 Å². The van der Waals surface area contributed by atoms with Crippen molar-refractivity contribution in [3.05, 3.63) is 84.9 Å². The van der Waals surface area contributed by atoms with Gasteiger partial charge in [-0.2, -0.15) is 5.01 Å². The maximum Gasteiger partial charge on any atom is 0.274 e. The lowest BCUT2D eigenvalue weighted by Crippen LogP contribution is -2.55. The minimum absolute atomic E-state index is 0.0175. The second kappa shape index (κ2) is 9.13. The number of carbonyl (C=O) groups excluding carboxylic acids is 3. The molecule has 0 aromatic heterocycles. The molecule has 1 saturated carbocycles. The summed E-state index contributed by atoms with van der Waals surface area (Å²) in [6.07, 6.45) is 0. The smallest absolute Gasteiger partial charge is 0.272 e. The fourth-order valence-electron chi connectivity index (χ4n) is 5.12. The molecule has 15 heteroatoms. The van der Waals surface area contributed by atoms with Gasteiger partial charge in [0.2, 0.25) is 0 Å². The Morgan fingerprint density at radius 3 is 1.87 bits per heavy atom. The van der Waals surface area contributed by atoms with E-state index in [1.54, 1.807) is 12.1 Å². The van der Waals surface area contributed by atoms with Crippen LogP contribution < -0.4 is 0 Å². The molecule has 2 fully saturated rings. The van der Waals surface area contributed by atoms with Crippen LogP contribution >= 0.6 is 81.2 Å². The Kier molecular flexibility index (Phi) is 6.67. The van der Waals surface area contributed by atoms with E-state index in [0.717, 1.165) is 5.01 Å². The number of halogens is 7. The summed E-state index contributed by atoms with van der Waals surface area (Å²) in [6, 6.07) is 11.2. The summed E-state index contributed by atoms with van der Waals surface area (Å²) in [5, 5.41) is 12.0. The van der Waals surface area contributed by atoms with E-state index in [1.165, 1.54) is 36.4 Å². The van der Waals surface area contributed by atoms with Crippen LogP contribution in [0.3, 0.4) is 0 Å². The molecule has 0 spiro atoms. The van der Waals surface area contributed by atoms with E-state index in [4.69, 9.17) is 81.2 Å². The molecule has 2 aromatic rings. The molecule has 8 nitrogen and oxygen atoms in total. The van der Waals surface area contributed by atoms with E-state index in [-0.39, 0.29) is 32.9 Å². The number of benzene rings is 2. The number of nitro benzene ring substituents is 1. The fraction of sp³-hybridized carbons (Fsp3) is 0.261. The predicted octanol–water partition coefficient (Wildman–Crippen LogP) is 6.25. The summed E-state index contributed by atoms with van der Waals surface area (Å²) in [6.45, 7) is -0.356. The normalized spacial score (nSPS) is 29.2. The molecule has 2 aromatic carbocycles. The summed E-state index contributed by atoms with van der Waals surface area (Å²) < 4.78 is -2.14. The molecule has 3 amide bonds. The SMILES string of the molecule is O=C(c1ccccc1Cl)N(Cc1ccc([N+](=O)[O-])cc1)N1C(=O)[C@@H]2[C@H](C1=O)[C@@]1(Cl)C(Cl)=C(Cl)[C@@]2(Cl)C1(Cl)Cl. The van der Waals surface area contributed by atoms with E-state index in [9.17, 15) is 24.5 Å². The summed E-state index contributed by atoms with van der Waals surface area (Å²) >= 11 is 45.6. The van der Waals surface area contributed by atoms with Gasteiger partial charge in [0, 0.05) is 12.1 Å². The number of hydrogen-bond acceptors (Lipinski definition) is 5. The maximum atomic E-state index is 13.9. The molecule has 0 N–H and O–H groups in total. The Balaban J connectivity index is 1.61. The number of nitrogens with zero attached hydrogens (tertiary/aromatic N) is 3. The molecule has 1 heterocycles. The third-order valence-corrected chi connectivity index (χ3v) is 11.5. The molecule has 0 radical (unpaired) electrons. The molecular formula is C23H12Cl7N3O5. The van der Waals surface area contributed by atoms with Crippen molar-refractivity contribution in [1.29, 1.82) is 0 Å². The van der Waals surface area contributed by atoms with Crippen LogP contribution in [0.4, 0.5) is 5.69 Å². The van der Waals surface area contributed by atoms with E-state index in [1.807, 2.05) is 0 Å². The predicted molar refractivity (Wildman–Crippen MR) is 144 cm³/mol. The fourth-order valence-corrected chi connectivity index (χ4v) is 8.27. The van der Waals surface area contributed by atoms with Gasteiger partial charge < -0.3 is 0 Å². The molecule has 1 aliphatic heterocycles. The van der Waals surface area contributed by atoms with Crippen LogP contribution in [0.15, 0.2) is 58.6 Å². The second-order valence-electron chi connectivity index (χ2n) is 8.84. The number of fused-ring (bicyclic) bond motifs is 5. The number of hydrogen-bond donors (Lipinski definition) is 0. The van der Waals surface area contributed by atoms with Crippen molar-refractivity contribution in [2.45, 2.75) is 20.6 Å². The van der Waals surface area contributed by atoms with Gasteiger partial charge in [0.1, 0.15) is 9.75 Å². The number of nitro groups is 1. The van der Waals surface area contributed by atoms with Crippen molar-refractivity contribution < 1.29 is 19.3 Å². The molecule has 2 aliphatic carbocycles. The van der Waals surface area contributed by atoms with E-state index >= 15 is 0 Å². The molecule has 1 saturated heterocycles. The van der Waals surface area contributed by atoms with Crippen LogP contribution in [0.2, 0.25) is 5.02 Å². The van der Waals surface area contributed by atoms with Crippen LogP contribution in [0.5, 0.6) is 0 Å². The molecular weight excluding hydrogens is 646 g/mol.